The second-order valence-corrected chi connectivity index (χ2v) is 7.63. The van der Waals surface area contributed by atoms with Crippen LogP contribution >= 0.6 is 0 Å². The Morgan fingerprint density at radius 3 is 2.43 bits per heavy atom. The molecule has 4 rings (SSSR count). The number of para-hydroxylation sites is 1. The van der Waals surface area contributed by atoms with E-state index in [-0.39, 0.29) is 11.8 Å². The molecule has 0 atom stereocenters. The number of amides is 2. The van der Waals surface area contributed by atoms with Gasteiger partial charge < -0.3 is 10.2 Å². The van der Waals surface area contributed by atoms with Crippen LogP contribution in [0.25, 0.3) is 5.69 Å². The van der Waals surface area contributed by atoms with Gasteiger partial charge in [-0.05, 0) is 63.1 Å². The third kappa shape index (κ3) is 3.99. The number of carbonyl (C=O) groups excluding carboxylic acids is 2. The van der Waals surface area contributed by atoms with E-state index < -0.39 is 0 Å². The molecule has 0 spiro atoms. The van der Waals surface area contributed by atoms with Gasteiger partial charge in [0.1, 0.15) is 0 Å². The van der Waals surface area contributed by atoms with Gasteiger partial charge in [-0.3, -0.25) is 9.59 Å². The van der Waals surface area contributed by atoms with Crippen molar-refractivity contribution in [3.63, 3.8) is 0 Å². The van der Waals surface area contributed by atoms with Gasteiger partial charge in [0.25, 0.3) is 5.91 Å². The van der Waals surface area contributed by atoms with Crippen LogP contribution in [0, 0.1) is 13.8 Å². The number of nitrogens with zero attached hydrogens (tertiary/aromatic N) is 3. The molecule has 1 aromatic heterocycles. The second-order valence-electron chi connectivity index (χ2n) is 7.63. The van der Waals surface area contributed by atoms with Crippen LogP contribution in [0.5, 0.6) is 0 Å². The number of anilines is 1. The van der Waals surface area contributed by atoms with Crippen molar-refractivity contribution in [1.29, 1.82) is 0 Å². The van der Waals surface area contributed by atoms with Crippen LogP contribution in [0.15, 0.2) is 54.6 Å². The Bertz CT molecular complexity index is 1050. The summed E-state index contributed by atoms with van der Waals surface area (Å²) < 4.78 is 1.90. The molecular formula is C24H26N4O2. The van der Waals surface area contributed by atoms with Gasteiger partial charge in [-0.25, -0.2) is 4.68 Å². The van der Waals surface area contributed by atoms with Gasteiger partial charge in [0, 0.05) is 42.0 Å². The fourth-order valence-electron chi connectivity index (χ4n) is 3.89. The number of carbonyl (C=O) groups is 2. The summed E-state index contributed by atoms with van der Waals surface area (Å²) in [6.45, 7) is 5.13. The summed E-state index contributed by atoms with van der Waals surface area (Å²) in [5.74, 6) is 0.0117. The largest absolute Gasteiger partial charge is 0.348 e. The Labute approximate surface area is 176 Å². The fraction of sp³-hybridized carbons (Fsp3) is 0.292. The fourth-order valence-corrected chi connectivity index (χ4v) is 3.89. The Kier molecular flexibility index (Phi) is 5.65. The van der Waals surface area contributed by atoms with Gasteiger partial charge in [-0.15, -0.1) is 0 Å². The number of aromatic nitrogens is 2. The van der Waals surface area contributed by atoms with Crippen LogP contribution in [-0.2, 0) is 11.3 Å². The summed E-state index contributed by atoms with van der Waals surface area (Å²) in [6, 6.07) is 17.2. The zero-order valence-corrected chi connectivity index (χ0v) is 17.4. The Balaban J connectivity index is 1.44. The molecule has 2 amide bonds. The maximum atomic E-state index is 12.7. The van der Waals surface area contributed by atoms with Gasteiger partial charge in [-0.1, -0.05) is 18.2 Å². The van der Waals surface area contributed by atoms with Crippen LogP contribution < -0.4 is 10.2 Å². The Hall–Kier alpha value is -3.41. The van der Waals surface area contributed by atoms with Crippen LogP contribution in [0.2, 0.25) is 0 Å². The van der Waals surface area contributed by atoms with Crippen molar-refractivity contribution in [2.75, 3.05) is 11.4 Å². The van der Waals surface area contributed by atoms with Crippen molar-refractivity contribution in [3.05, 3.63) is 77.1 Å². The first-order valence-corrected chi connectivity index (χ1v) is 10.3. The van der Waals surface area contributed by atoms with Gasteiger partial charge >= 0.3 is 0 Å². The number of nitrogens with one attached hydrogen (secondary N) is 1. The van der Waals surface area contributed by atoms with E-state index in [1.807, 2.05) is 61.0 Å². The smallest absolute Gasteiger partial charge is 0.251 e. The average molecular weight is 402 g/mol. The lowest BCUT2D eigenvalue weighted by atomic mass is 10.1. The quantitative estimate of drug-likeness (QED) is 0.703. The van der Waals surface area contributed by atoms with E-state index in [2.05, 4.69) is 10.4 Å². The molecule has 3 aromatic rings. The Morgan fingerprint density at radius 1 is 1.00 bits per heavy atom. The first-order valence-electron chi connectivity index (χ1n) is 10.3. The van der Waals surface area contributed by atoms with Crippen molar-refractivity contribution >= 4 is 17.5 Å². The highest BCUT2D eigenvalue weighted by molar-refractivity contribution is 5.96. The average Bonchev–Trinajstić information content (AvgIpc) is 3.06. The maximum Gasteiger partial charge on any atom is 0.251 e. The number of hydrogen-bond acceptors (Lipinski definition) is 3. The molecule has 1 aliphatic heterocycles. The van der Waals surface area contributed by atoms with E-state index in [4.69, 9.17) is 0 Å². The summed E-state index contributed by atoms with van der Waals surface area (Å²) in [6.07, 6.45) is 2.57. The van der Waals surface area contributed by atoms with Crippen LogP contribution in [-0.4, -0.2) is 28.1 Å². The van der Waals surface area contributed by atoms with E-state index >= 15 is 0 Å². The minimum Gasteiger partial charge on any atom is -0.348 e. The summed E-state index contributed by atoms with van der Waals surface area (Å²) in [5, 5.41) is 7.63. The topological polar surface area (TPSA) is 67.2 Å². The molecule has 30 heavy (non-hydrogen) atoms. The van der Waals surface area contributed by atoms with Gasteiger partial charge in [0.2, 0.25) is 5.91 Å². The SMILES string of the molecule is Cc1nn(-c2ccccc2)c(C)c1CNC(=O)c1ccc(N2CCCCC2=O)cc1. The van der Waals surface area contributed by atoms with Crippen molar-refractivity contribution < 1.29 is 9.59 Å². The second kappa shape index (κ2) is 8.53. The molecule has 2 heterocycles. The number of hydrogen-bond donors (Lipinski definition) is 1. The van der Waals surface area contributed by atoms with E-state index in [1.54, 1.807) is 17.0 Å². The minimum atomic E-state index is -0.141. The number of benzene rings is 2. The van der Waals surface area contributed by atoms with Gasteiger partial charge in [0.05, 0.1) is 11.4 Å². The highest BCUT2D eigenvalue weighted by Gasteiger charge is 2.20. The van der Waals surface area contributed by atoms with E-state index in [9.17, 15) is 9.59 Å². The highest BCUT2D eigenvalue weighted by Crippen LogP contribution is 2.22. The molecule has 2 aromatic carbocycles. The summed E-state index contributed by atoms with van der Waals surface area (Å²) >= 11 is 0. The molecule has 1 saturated heterocycles. The summed E-state index contributed by atoms with van der Waals surface area (Å²) in [7, 11) is 0. The van der Waals surface area contributed by atoms with E-state index in [1.165, 1.54) is 0 Å². The number of rotatable bonds is 5. The van der Waals surface area contributed by atoms with Crippen molar-refractivity contribution in [2.45, 2.75) is 39.7 Å². The molecule has 1 aliphatic rings. The van der Waals surface area contributed by atoms with Crippen LogP contribution in [0.3, 0.4) is 0 Å². The monoisotopic (exact) mass is 402 g/mol. The maximum absolute atomic E-state index is 12.7. The van der Waals surface area contributed by atoms with Crippen molar-refractivity contribution in [3.8, 4) is 5.69 Å². The summed E-state index contributed by atoms with van der Waals surface area (Å²) in [4.78, 5) is 26.5. The number of piperidine rings is 1. The molecule has 6 nitrogen and oxygen atoms in total. The highest BCUT2D eigenvalue weighted by atomic mass is 16.2. The molecule has 1 fully saturated rings. The third-order valence-corrected chi connectivity index (χ3v) is 5.63. The zero-order valence-electron chi connectivity index (χ0n) is 17.4. The molecule has 0 unspecified atom stereocenters. The molecular weight excluding hydrogens is 376 g/mol. The predicted molar refractivity (Wildman–Crippen MR) is 117 cm³/mol. The van der Waals surface area contributed by atoms with Crippen LogP contribution in [0.4, 0.5) is 5.69 Å². The molecule has 0 saturated carbocycles. The van der Waals surface area contributed by atoms with E-state index in [0.717, 1.165) is 47.7 Å². The molecule has 154 valence electrons. The lowest BCUT2D eigenvalue weighted by Crippen LogP contribution is -2.35. The molecule has 1 N–H and O–H groups in total. The molecule has 0 aliphatic carbocycles. The molecule has 0 radical (unpaired) electrons. The normalized spacial score (nSPS) is 14.1. The lowest BCUT2D eigenvalue weighted by Gasteiger charge is -2.26. The molecule has 6 heteroatoms. The van der Waals surface area contributed by atoms with Crippen LogP contribution in [0.1, 0.15) is 46.6 Å². The zero-order chi connectivity index (χ0) is 21.1. The van der Waals surface area contributed by atoms with Crippen molar-refractivity contribution in [1.82, 2.24) is 15.1 Å². The Morgan fingerprint density at radius 2 is 1.73 bits per heavy atom. The molecule has 0 bridgehead atoms. The van der Waals surface area contributed by atoms with Crippen molar-refractivity contribution in [2.24, 2.45) is 0 Å². The van der Waals surface area contributed by atoms with Gasteiger partial charge in [-0.2, -0.15) is 5.10 Å². The predicted octanol–water partition coefficient (Wildman–Crippen LogP) is 3.94. The van der Waals surface area contributed by atoms with Gasteiger partial charge in [0.15, 0.2) is 0 Å². The first-order chi connectivity index (χ1) is 14.5. The first kappa shape index (κ1) is 19.9. The lowest BCUT2D eigenvalue weighted by molar-refractivity contribution is -0.119. The number of aryl methyl sites for hydroxylation is 1. The summed E-state index contributed by atoms with van der Waals surface area (Å²) in [5.41, 5.74) is 5.36. The van der Waals surface area contributed by atoms with E-state index in [0.29, 0.717) is 18.5 Å². The third-order valence-electron chi connectivity index (χ3n) is 5.63. The standard InChI is InChI=1S/C24H26N4O2/c1-17-22(18(2)28(26-17)21-8-4-3-5-9-21)16-25-24(30)19-11-13-20(14-12-19)27-15-7-6-10-23(27)29/h3-5,8-9,11-14H,6-7,10,15-16H2,1-2H3,(H,25,30). The minimum absolute atomic E-state index is 0.141.